The average Bonchev–Trinajstić information content (AvgIpc) is 3.38. The SMILES string of the molecule is CN(CC(CCN1CCC(Nc2nc3ccccc3n2CCOCC(F)(F)F)CC1)c1ccc(Cl)cc1)C(=O)c1ccccc1. The lowest BCUT2D eigenvalue weighted by Crippen LogP contribution is -2.40. The maximum Gasteiger partial charge on any atom is 0.411 e. The molecule has 5 rings (SSSR count). The number of likely N-dealkylation sites (tertiary alicyclic amines) is 1. The lowest BCUT2D eigenvalue weighted by Gasteiger charge is -2.34. The van der Waals surface area contributed by atoms with Crippen LogP contribution in [-0.4, -0.2) is 83.9 Å². The van der Waals surface area contributed by atoms with Gasteiger partial charge < -0.3 is 24.4 Å². The minimum atomic E-state index is -4.35. The van der Waals surface area contributed by atoms with Crippen molar-refractivity contribution in [3.05, 3.63) is 95.0 Å². The van der Waals surface area contributed by atoms with Crippen molar-refractivity contribution in [1.82, 2.24) is 19.4 Å². The summed E-state index contributed by atoms with van der Waals surface area (Å²) in [5.41, 5.74) is 3.47. The van der Waals surface area contributed by atoms with Gasteiger partial charge in [0.2, 0.25) is 5.95 Å². The predicted octanol–water partition coefficient (Wildman–Crippen LogP) is 7.09. The molecule has 3 aromatic carbocycles. The zero-order valence-electron chi connectivity index (χ0n) is 25.3. The number of benzene rings is 3. The van der Waals surface area contributed by atoms with Gasteiger partial charge in [0.05, 0.1) is 17.6 Å². The molecule has 0 aliphatic carbocycles. The molecule has 0 bridgehead atoms. The second-order valence-electron chi connectivity index (χ2n) is 11.6. The highest BCUT2D eigenvalue weighted by Crippen LogP contribution is 2.26. The number of rotatable bonds is 13. The Morgan fingerprint density at radius 1 is 1.02 bits per heavy atom. The van der Waals surface area contributed by atoms with Gasteiger partial charge in [-0.15, -0.1) is 0 Å². The van der Waals surface area contributed by atoms with Crippen LogP contribution in [0.4, 0.5) is 19.1 Å². The second kappa shape index (κ2) is 15.1. The van der Waals surface area contributed by atoms with E-state index in [1.807, 2.05) is 90.5 Å². The number of para-hydroxylation sites is 2. The van der Waals surface area contributed by atoms with Crippen LogP contribution in [0.2, 0.25) is 5.02 Å². The van der Waals surface area contributed by atoms with Crippen LogP contribution in [0.25, 0.3) is 11.0 Å². The molecule has 1 amide bonds. The number of imidazole rings is 1. The van der Waals surface area contributed by atoms with E-state index in [-0.39, 0.29) is 31.0 Å². The predicted molar refractivity (Wildman–Crippen MR) is 172 cm³/mol. The van der Waals surface area contributed by atoms with E-state index in [9.17, 15) is 18.0 Å². The number of carbonyl (C=O) groups excluding carboxylic acids is 1. The summed E-state index contributed by atoms with van der Waals surface area (Å²) in [5, 5.41) is 4.24. The van der Waals surface area contributed by atoms with E-state index in [4.69, 9.17) is 21.3 Å². The number of nitrogens with zero attached hydrogens (tertiary/aromatic N) is 4. The second-order valence-corrected chi connectivity index (χ2v) is 12.0. The Labute approximate surface area is 266 Å². The molecule has 1 N–H and O–H groups in total. The first-order valence-corrected chi connectivity index (χ1v) is 15.7. The Morgan fingerprint density at radius 2 is 1.71 bits per heavy atom. The topological polar surface area (TPSA) is 62.6 Å². The number of anilines is 1. The molecule has 1 saturated heterocycles. The quantitative estimate of drug-likeness (QED) is 0.158. The van der Waals surface area contributed by atoms with Crippen molar-refractivity contribution in [1.29, 1.82) is 0 Å². The van der Waals surface area contributed by atoms with E-state index in [1.165, 1.54) is 0 Å². The molecular formula is C34H39ClF3N5O2. The Hall–Kier alpha value is -3.60. The standard InChI is InChI=1S/C34H39ClF3N5O2/c1-41(32(44)26-7-3-2-4-8-26)23-27(25-11-13-28(35)14-12-25)15-18-42-19-16-29(17-20-42)39-33-40-30-9-5-6-10-31(30)43(33)21-22-45-24-34(36,37)38/h2-14,27,29H,15-24H2,1H3,(H,39,40). The lowest BCUT2D eigenvalue weighted by atomic mass is 9.94. The fraction of sp³-hybridized carbons (Fsp3) is 0.412. The normalized spacial score (nSPS) is 15.3. The molecule has 1 aromatic heterocycles. The number of likely N-dealkylation sites (N-methyl/N-ethyl adjacent to an activating group) is 1. The van der Waals surface area contributed by atoms with Crippen LogP contribution in [0.15, 0.2) is 78.9 Å². The number of alkyl halides is 3. The van der Waals surface area contributed by atoms with E-state index in [1.54, 1.807) is 4.90 Å². The molecule has 45 heavy (non-hydrogen) atoms. The lowest BCUT2D eigenvalue weighted by molar-refractivity contribution is -0.174. The number of fused-ring (bicyclic) bond motifs is 1. The van der Waals surface area contributed by atoms with Gasteiger partial charge in [0.25, 0.3) is 5.91 Å². The average molecular weight is 642 g/mol. The van der Waals surface area contributed by atoms with E-state index in [0.717, 1.165) is 55.5 Å². The number of piperidine rings is 1. The summed E-state index contributed by atoms with van der Waals surface area (Å²) < 4.78 is 44.5. The number of nitrogens with one attached hydrogen (secondary N) is 1. The molecule has 1 fully saturated rings. The molecule has 2 heterocycles. The van der Waals surface area contributed by atoms with Crippen molar-refractivity contribution >= 4 is 34.5 Å². The molecule has 0 radical (unpaired) electrons. The molecule has 1 aliphatic heterocycles. The molecule has 1 aliphatic rings. The summed E-state index contributed by atoms with van der Waals surface area (Å²) in [4.78, 5) is 22.1. The van der Waals surface area contributed by atoms with E-state index < -0.39 is 12.8 Å². The number of carbonyl (C=O) groups is 1. The summed E-state index contributed by atoms with van der Waals surface area (Å²) in [6, 6.07) is 25.0. The van der Waals surface area contributed by atoms with Gasteiger partial charge in [-0.2, -0.15) is 13.2 Å². The Kier molecular flexibility index (Phi) is 11.0. The molecule has 1 atom stereocenters. The third-order valence-corrected chi connectivity index (χ3v) is 8.55. The Bertz CT molecular complexity index is 1520. The fourth-order valence-corrected chi connectivity index (χ4v) is 6.02. The monoisotopic (exact) mass is 641 g/mol. The maximum absolute atomic E-state index is 13.1. The van der Waals surface area contributed by atoms with Gasteiger partial charge in [0.1, 0.15) is 6.61 Å². The fourth-order valence-electron chi connectivity index (χ4n) is 5.89. The Morgan fingerprint density at radius 3 is 2.42 bits per heavy atom. The summed E-state index contributed by atoms with van der Waals surface area (Å²) in [5.74, 6) is 0.800. The Balaban J connectivity index is 1.17. The van der Waals surface area contributed by atoms with Gasteiger partial charge in [0.15, 0.2) is 0 Å². The van der Waals surface area contributed by atoms with Crippen molar-refractivity contribution in [3.8, 4) is 0 Å². The van der Waals surface area contributed by atoms with Gasteiger partial charge >= 0.3 is 6.18 Å². The number of hydrogen-bond donors (Lipinski definition) is 1. The minimum absolute atomic E-state index is 0.000566. The molecule has 1 unspecified atom stereocenters. The van der Waals surface area contributed by atoms with Gasteiger partial charge in [0, 0.05) is 55.8 Å². The number of ether oxygens (including phenoxy) is 1. The third kappa shape index (κ3) is 9.22. The summed E-state index contributed by atoms with van der Waals surface area (Å²) >= 11 is 6.17. The molecular weight excluding hydrogens is 603 g/mol. The first kappa shape index (κ1) is 32.8. The highest BCUT2D eigenvalue weighted by molar-refractivity contribution is 6.30. The van der Waals surface area contributed by atoms with E-state index >= 15 is 0 Å². The maximum atomic E-state index is 13.1. The summed E-state index contributed by atoms with van der Waals surface area (Å²) in [7, 11) is 1.85. The first-order chi connectivity index (χ1) is 21.7. The molecule has 7 nitrogen and oxygen atoms in total. The molecule has 11 heteroatoms. The molecule has 0 saturated carbocycles. The van der Waals surface area contributed by atoms with Crippen molar-refractivity contribution < 1.29 is 22.7 Å². The van der Waals surface area contributed by atoms with Crippen LogP contribution >= 0.6 is 11.6 Å². The molecule has 240 valence electrons. The largest absolute Gasteiger partial charge is 0.411 e. The van der Waals surface area contributed by atoms with Crippen molar-refractivity contribution in [2.45, 2.75) is 43.9 Å². The van der Waals surface area contributed by atoms with Gasteiger partial charge in [-0.25, -0.2) is 4.98 Å². The van der Waals surface area contributed by atoms with Crippen LogP contribution in [0.5, 0.6) is 0 Å². The smallest absolute Gasteiger partial charge is 0.370 e. The molecule has 0 spiro atoms. The van der Waals surface area contributed by atoms with Crippen LogP contribution in [0.1, 0.15) is 41.1 Å². The summed E-state index contributed by atoms with van der Waals surface area (Å²) in [6.07, 6.45) is -1.65. The number of halogens is 4. The van der Waals surface area contributed by atoms with Gasteiger partial charge in [-0.1, -0.05) is 54.1 Å². The van der Waals surface area contributed by atoms with Crippen LogP contribution in [0, 0.1) is 0 Å². The van der Waals surface area contributed by atoms with E-state index in [2.05, 4.69) is 10.2 Å². The summed E-state index contributed by atoms with van der Waals surface area (Å²) in [6.45, 7) is 2.23. The highest BCUT2D eigenvalue weighted by atomic mass is 35.5. The number of amides is 1. The van der Waals surface area contributed by atoms with Crippen LogP contribution in [0.3, 0.4) is 0 Å². The van der Waals surface area contributed by atoms with Crippen molar-refractivity contribution in [3.63, 3.8) is 0 Å². The zero-order valence-corrected chi connectivity index (χ0v) is 26.1. The minimum Gasteiger partial charge on any atom is -0.370 e. The molecule has 4 aromatic rings. The van der Waals surface area contributed by atoms with Gasteiger partial charge in [-0.3, -0.25) is 4.79 Å². The van der Waals surface area contributed by atoms with Crippen molar-refractivity contribution in [2.24, 2.45) is 0 Å². The highest BCUT2D eigenvalue weighted by Gasteiger charge is 2.28. The first-order valence-electron chi connectivity index (χ1n) is 15.3. The number of aromatic nitrogens is 2. The number of hydrogen-bond acceptors (Lipinski definition) is 5. The van der Waals surface area contributed by atoms with Crippen molar-refractivity contribution in [2.75, 3.05) is 51.8 Å². The third-order valence-electron chi connectivity index (χ3n) is 8.30. The van der Waals surface area contributed by atoms with E-state index in [0.29, 0.717) is 23.1 Å². The zero-order chi connectivity index (χ0) is 31.8. The van der Waals surface area contributed by atoms with Crippen LogP contribution in [-0.2, 0) is 11.3 Å². The van der Waals surface area contributed by atoms with Crippen LogP contribution < -0.4 is 5.32 Å². The van der Waals surface area contributed by atoms with Gasteiger partial charge in [-0.05, 0) is 67.8 Å².